The van der Waals surface area contributed by atoms with Gasteiger partial charge in [0.05, 0.1) is 31.9 Å². The lowest BCUT2D eigenvalue weighted by atomic mass is 10.1. The predicted molar refractivity (Wildman–Crippen MR) is 216 cm³/mol. The van der Waals surface area contributed by atoms with Crippen LogP contribution in [0.15, 0.2) is 54.6 Å². The van der Waals surface area contributed by atoms with E-state index >= 15 is 0 Å². The van der Waals surface area contributed by atoms with Gasteiger partial charge in [-0.05, 0) is 94.4 Å². The summed E-state index contributed by atoms with van der Waals surface area (Å²) in [5.41, 5.74) is 3.75. The fraction of sp³-hybridized carbons (Fsp3) is 0.548. The zero-order chi connectivity index (χ0) is 37.1. The third-order valence-electron chi connectivity index (χ3n) is 9.63. The van der Waals surface area contributed by atoms with Crippen molar-refractivity contribution in [3.8, 4) is 34.4 Å². The van der Waals surface area contributed by atoms with E-state index < -0.39 is 0 Å². The van der Waals surface area contributed by atoms with Gasteiger partial charge in [-0.2, -0.15) is 0 Å². The average molecular weight is 736 g/mol. The lowest BCUT2D eigenvalue weighted by Crippen LogP contribution is -2.25. The van der Waals surface area contributed by atoms with Gasteiger partial charge < -0.3 is 38.6 Å². The first kappa shape index (κ1) is 41.3. The fourth-order valence-corrected chi connectivity index (χ4v) is 6.37. The summed E-state index contributed by atoms with van der Waals surface area (Å²) in [7, 11) is 0. The highest BCUT2D eigenvalue weighted by Gasteiger charge is 2.16. The number of nitrogens with one attached hydrogen (secondary N) is 1. The number of aromatic nitrogens is 2. The Labute approximate surface area is 317 Å². The third kappa shape index (κ3) is 12.9. The molecule has 0 aliphatic heterocycles. The Balaban J connectivity index is 1.56. The van der Waals surface area contributed by atoms with Gasteiger partial charge in [-0.3, -0.25) is 0 Å². The van der Waals surface area contributed by atoms with Crippen LogP contribution in [-0.4, -0.2) is 110 Å². The molecule has 0 saturated heterocycles. The van der Waals surface area contributed by atoms with Crippen molar-refractivity contribution >= 4 is 22.6 Å². The SMILES string of the molecule is CCN(CC)CCCOc1cc(OCCCN(CC)CC)c2nc(-c3ccc(OCCc4ccc(Cl)cc4)c(OCCCN(CC)CC)c3)[nH]c2c1. The van der Waals surface area contributed by atoms with E-state index in [-0.39, 0.29) is 0 Å². The molecule has 4 rings (SSSR count). The first-order valence-corrected chi connectivity index (χ1v) is 19.9. The summed E-state index contributed by atoms with van der Waals surface area (Å²) in [6.07, 6.45) is 3.58. The van der Waals surface area contributed by atoms with Crippen molar-refractivity contribution in [1.29, 1.82) is 0 Å². The molecule has 0 saturated carbocycles. The lowest BCUT2D eigenvalue weighted by molar-refractivity contribution is 0.236. The first-order chi connectivity index (χ1) is 25.4. The molecule has 1 aromatic heterocycles. The summed E-state index contributed by atoms with van der Waals surface area (Å²) >= 11 is 6.09. The summed E-state index contributed by atoms with van der Waals surface area (Å²) in [6, 6.07) is 18.0. The van der Waals surface area contributed by atoms with E-state index in [4.69, 9.17) is 35.5 Å². The second-order valence-corrected chi connectivity index (χ2v) is 13.4. The largest absolute Gasteiger partial charge is 0.493 e. The van der Waals surface area contributed by atoms with Gasteiger partial charge in [-0.25, -0.2) is 4.98 Å². The van der Waals surface area contributed by atoms with Gasteiger partial charge in [-0.15, -0.1) is 0 Å². The zero-order valence-electron chi connectivity index (χ0n) is 32.5. The molecule has 0 fully saturated rings. The number of rotatable bonds is 26. The Morgan fingerprint density at radius 3 is 1.69 bits per heavy atom. The van der Waals surface area contributed by atoms with Crippen LogP contribution in [0.4, 0.5) is 0 Å². The quantitative estimate of drug-likeness (QED) is 0.0642. The highest BCUT2D eigenvalue weighted by molar-refractivity contribution is 6.30. The molecule has 10 heteroatoms. The van der Waals surface area contributed by atoms with Crippen LogP contribution in [0.3, 0.4) is 0 Å². The van der Waals surface area contributed by atoms with Crippen LogP contribution in [-0.2, 0) is 6.42 Å². The minimum atomic E-state index is 0.522. The highest BCUT2D eigenvalue weighted by atomic mass is 35.5. The Kier molecular flexibility index (Phi) is 17.9. The van der Waals surface area contributed by atoms with E-state index in [1.165, 1.54) is 5.56 Å². The van der Waals surface area contributed by atoms with Crippen molar-refractivity contribution in [2.45, 2.75) is 67.2 Å². The van der Waals surface area contributed by atoms with E-state index in [2.05, 4.69) is 61.2 Å². The lowest BCUT2D eigenvalue weighted by Gasteiger charge is -2.18. The van der Waals surface area contributed by atoms with E-state index in [9.17, 15) is 0 Å². The summed E-state index contributed by atoms with van der Waals surface area (Å²) in [6.45, 7) is 24.8. The van der Waals surface area contributed by atoms with Gasteiger partial charge in [0, 0.05) is 48.8 Å². The van der Waals surface area contributed by atoms with Crippen molar-refractivity contribution in [3.63, 3.8) is 0 Å². The van der Waals surface area contributed by atoms with Crippen LogP contribution in [0.2, 0.25) is 5.02 Å². The molecule has 9 nitrogen and oxygen atoms in total. The normalized spacial score (nSPS) is 11.7. The van der Waals surface area contributed by atoms with Crippen molar-refractivity contribution in [2.75, 3.05) is 85.3 Å². The summed E-state index contributed by atoms with van der Waals surface area (Å²) in [4.78, 5) is 15.9. The first-order valence-electron chi connectivity index (χ1n) is 19.5. The van der Waals surface area contributed by atoms with Crippen LogP contribution in [0.25, 0.3) is 22.4 Å². The molecule has 1 N–H and O–H groups in total. The number of hydrogen-bond donors (Lipinski definition) is 1. The number of benzene rings is 3. The molecule has 3 aromatic carbocycles. The Morgan fingerprint density at radius 2 is 1.12 bits per heavy atom. The molecule has 0 aliphatic carbocycles. The molecule has 0 spiro atoms. The molecule has 0 bridgehead atoms. The van der Waals surface area contributed by atoms with Crippen molar-refractivity contribution in [2.24, 2.45) is 0 Å². The topological polar surface area (TPSA) is 75.3 Å². The number of imidazole rings is 1. The van der Waals surface area contributed by atoms with E-state index in [1.807, 2.05) is 54.6 Å². The number of aromatic amines is 1. The smallest absolute Gasteiger partial charge is 0.161 e. The number of hydrogen-bond acceptors (Lipinski definition) is 8. The Bertz CT molecular complexity index is 1590. The molecule has 0 aliphatic rings. The molecular weight excluding hydrogens is 674 g/mol. The molecule has 0 unspecified atom stereocenters. The van der Waals surface area contributed by atoms with Crippen LogP contribution >= 0.6 is 11.6 Å². The molecule has 286 valence electrons. The maximum absolute atomic E-state index is 6.41. The van der Waals surface area contributed by atoms with Crippen LogP contribution in [0, 0.1) is 0 Å². The van der Waals surface area contributed by atoms with Crippen molar-refractivity contribution in [1.82, 2.24) is 24.7 Å². The summed E-state index contributed by atoms with van der Waals surface area (Å²) < 4.78 is 25.4. The second kappa shape index (κ2) is 22.5. The van der Waals surface area contributed by atoms with Gasteiger partial charge in [0.15, 0.2) is 17.2 Å². The molecule has 4 aromatic rings. The third-order valence-corrected chi connectivity index (χ3v) is 9.88. The van der Waals surface area contributed by atoms with E-state index in [0.717, 1.165) is 124 Å². The Morgan fingerprint density at radius 1 is 0.577 bits per heavy atom. The molecule has 52 heavy (non-hydrogen) atoms. The second-order valence-electron chi connectivity index (χ2n) is 13.0. The zero-order valence-corrected chi connectivity index (χ0v) is 33.3. The van der Waals surface area contributed by atoms with E-state index in [1.54, 1.807) is 0 Å². The molecule has 0 atom stereocenters. The minimum absolute atomic E-state index is 0.522. The fourth-order valence-electron chi connectivity index (χ4n) is 6.25. The number of H-pyrrole nitrogens is 1. The number of fused-ring (bicyclic) bond motifs is 1. The van der Waals surface area contributed by atoms with Crippen LogP contribution in [0.5, 0.6) is 23.0 Å². The predicted octanol–water partition coefficient (Wildman–Crippen LogP) is 8.84. The van der Waals surface area contributed by atoms with Gasteiger partial charge in [-0.1, -0.05) is 65.3 Å². The summed E-state index contributed by atoms with van der Waals surface area (Å²) in [5.74, 6) is 3.67. The minimum Gasteiger partial charge on any atom is -0.493 e. The monoisotopic (exact) mass is 735 g/mol. The molecule has 0 radical (unpaired) electrons. The van der Waals surface area contributed by atoms with Gasteiger partial charge >= 0.3 is 0 Å². The van der Waals surface area contributed by atoms with Gasteiger partial charge in [0.25, 0.3) is 0 Å². The molecular formula is C42H62ClN5O4. The van der Waals surface area contributed by atoms with Crippen molar-refractivity contribution < 1.29 is 18.9 Å². The molecule has 0 amide bonds. The average Bonchev–Trinajstić information content (AvgIpc) is 3.61. The molecule has 1 heterocycles. The number of nitrogens with zero attached hydrogens (tertiary/aromatic N) is 4. The summed E-state index contributed by atoms with van der Waals surface area (Å²) in [5, 5.41) is 0.731. The maximum Gasteiger partial charge on any atom is 0.161 e. The number of ether oxygens (including phenoxy) is 4. The maximum atomic E-state index is 6.41. The highest BCUT2D eigenvalue weighted by Crippen LogP contribution is 2.36. The van der Waals surface area contributed by atoms with Crippen LogP contribution in [0.1, 0.15) is 66.4 Å². The van der Waals surface area contributed by atoms with Crippen molar-refractivity contribution in [3.05, 3.63) is 65.2 Å². The van der Waals surface area contributed by atoms with Gasteiger partial charge in [0.1, 0.15) is 17.1 Å². The standard InChI is InChI=1S/C42H62ClN5O4/c1-7-46(8-2)23-13-26-49-36-31-37-41(40(32-36)51-28-15-25-48(11-5)12-6)45-42(44-37)34-18-21-38(52-29-22-33-16-19-35(43)20-17-33)39(30-34)50-27-14-24-47(9-3)10-4/h16-21,30-32H,7-15,22-29H2,1-6H3,(H,44,45). The Hall–Kier alpha value is -3.50. The number of halogens is 1. The van der Waals surface area contributed by atoms with E-state index in [0.29, 0.717) is 37.9 Å². The van der Waals surface area contributed by atoms with Crippen LogP contribution < -0.4 is 18.9 Å². The van der Waals surface area contributed by atoms with Gasteiger partial charge in [0.2, 0.25) is 0 Å².